The molecule has 2 aromatic rings. The molecule has 4 atom stereocenters. The number of piperidine rings is 1. The molecule has 2 N–H and O–H groups in total. The first-order valence-corrected chi connectivity index (χ1v) is 12.8. The smallest absolute Gasteiger partial charge is 0.339 e. The number of phenols is 1. The van der Waals surface area contributed by atoms with Crippen molar-refractivity contribution in [1.82, 2.24) is 4.90 Å². The largest absolute Gasteiger partial charge is 0.507 e. The molecule has 8 heteroatoms. The third-order valence-corrected chi connectivity index (χ3v) is 8.68. The fraction of sp³-hybridized carbons (Fsp3) is 0.517. The lowest BCUT2D eigenvalue weighted by molar-refractivity contribution is -0.207. The molecule has 2 fully saturated rings. The van der Waals surface area contributed by atoms with Crippen molar-refractivity contribution in [2.75, 3.05) is 34.4 Å². The average molecular weight is 512 g/mol. The number of ketones is 1. The molecule has 37 heavy (non-hydrogen) atoms. The maximum absolute atomic E-state index is 13.0. The number of rotatable bonds is 5. The molecule has 3 aliphatic rings. The topological polar surface area (TPSA) is 106 Å². The second-order valence-corrected chi connectivity index (χ2v) is 10.1. The van der Waals surface area contributed by atoms with Crippen LogP contribution in [0.3, 0.4) is 0 Å². The minimum Gasteiger partial charge on any atom is -0.507 e. The summed E-state index contributed by atoms with van der Waals surface area (Å²) in [6.07, 6.45) is 3.17. The van der Waals surface area contributed by atoms with Gasteiger partial charge in [-0.2, -0.15) is 0 Å². The highest BCUT2D eigenvalue weighted by atomic mass is 16.5. The van der Waals surface area contributed by atoms with Crippen molar-refractivity contribution in [3.05, 3.63) is 53.1 Å². The molecule has 1 saturated carbocycles. The second kappa shape index (κ2) is 10.3. The number of carboxylic acid groups (broad SMARTS) is 1. The minimum absolute atomic E-state index is 0.0671. The fourth-order valence-corrected chi connectivity index (χ4v) is 7.06. The van der Waals surface area contributed by atoms with Crippen molar-refractivity contribution in [3.8, 4) is 17.2 Å². The first-order valence-electron chi connectivity index (χ1n) is 12.8. The molecule has 2 aliphatic carbocycles. The first-order chi connectivity index (χ1) is 17.7. The molecule has 0 radical (unpaired) electrons. The number of hydrogen-bond donors (Lipinski definition) is 2. The van der Waals surface area contributed by atoms with Crippen LogP contribution in [-0.4, -0.2) is 72.9 Å². The zero-order chi connectivity index (χ0) is 27.0. The number of hydrogen-bond acceptors (Lipinski definition) is 7. The van der Waals surface area contributed by atoms with Crippen molar-refractivity contribution in [1.29, 1.82) is 0 Å². The predicted octanol–water partition coefficient (Wildman–Crippen LogP) is 4.07. The Balaban J connectivity index is 0.000000270. The Labute approximate surface area is 218 Å². The van der Waals surface area contributed by atoms with Gasteiger partial charge in [-0.25, -0.2) is 4.79 Å². The van der Waals surface area contributed by atoms with E-state index in [1.807, 2.05) is 6.07 Å². The lowest BCUT2D eigenvalue weighted by Gasteiger charge is -2.66. The first kappa shape index (κ1) is 26.9. The van der Waals surface area contributed by atoms with Crippen molar-refractivity contribution in [2.45, 2.75) is 56.6 Å². The van der Waals surface area contributed by atoms with Crippen LogP contribution in [0.2, 0.25) is 0 Å². The Morgan fingerprint density at radius 2 is 1.86 bits per heavy atom. The van der Waals surface area contributed by atoms with E-state index in [1.165, 1.54) is 17.7 Å². The van der Waals surface area contributed by atoms with E-state index in [4.69, 9.17) is 24.4 Å². The van der Waals surface area contributed by atoms with Crippen LogP contribution in [0, 0.1) is 5.92 Å². The van der Waals surface area contributed by atoms with Gasteiger partial charge in [0.2, 0.25) is 0 Å². The van der Waals surface area contributed by atoms with Crippen molar-refractivity contribution < 1.29 is 34.0 Å². The van der Waals surface area contributed by atoms with E-state index in [1.54, 1.807) is 26.4 Å². The highest BCUT2D eigenvalue weighted by Gasteiger charge is 2.69. The number of carbonyl (C=O) groups excluding carboxylic acids is 1. The lowest BCUT2D eigenvalue weighted by Crippen LogP contribution is -2.75. The van der Waals surface area contributed by atoms with Crippen molar-refractivity contribution >= 4 is 11.8 Å². The molecular formula is C29H37NO7. The molecule has 2 aromatic carbocycles. The van der Waals surface area contributed by atoms with E-state index >= 15 is 0 Å². The summed E-state index contributed by atoms with van der Waals surface area (Å²) in [7, 11) is 5.57. The molecule has 1 aliphatic heterocycles. The molecule has 2 bridgehead atoms. The number of benzene rings is 2. The number of nitrogens with zero attached hydrogens (tertiary/aromatic N) is 1. The zero-order valence-corrected chi connectivity index (χ0v) is 22.2. The van der Waals surface area contributed by atoms with Gasteiger partial charge in [0.15, 0.2) is 11.5 Å². The summed E-state index contributed by atoms with van der Waals surface area (Å²) < 4.78 is 18.2. The number of Topliss-reactive ketones (excluding diaryl/α,β-unsaturated/α-hetero) is 1. The summed E-state index contributed by atoms with van der Waals surface area (Å²) in [5.41, 5.74) is 1.61. The number of carboxylic acids is 1. The maximum atomic E-state index is 13.0. The highest BCUT2D eigenvalue weighted by molar-refractivity contribution is 5.90. The number of fused-ring (bicyclic) bond motifs is 1. The normalized spacial score (nSPS) is 28.3. The van der Waals surface area contributed by atoms with E-state index in [2.05, 4.69) is 31.9 Å². The second-order valence-electron chi connectivity index (χ2n) is 10.1. The Kier molecular flexibility index (Phi) is 7.53. The van der Waals surface area contributed by atoms with Gasteiger partial charge in [-0.15, -0.1) is 0 Å². The summed E-state index contributed by atoms with van der Waals surface area (Å²) in [4.78, 5) is 25.7. The standard InChI is InChI=1S/C22H31NO4.C7H6O3/c1-6-27-22-10-9-16(24)14(2)21(22)11-12-23(3)18(22)13-15-7-8-17(25-4)20(26-5)19(15)21;8-6-4-2-1-3-5(6)7(9)10/h7-8,14,18H,6,9-13H2,1-5H3;1-4,8H,(H,9,10)/t14-,18-,21-,22-;/m1./s1. The molecule has 5 rings (SSSR count). The molecular weight excluding hydrogens is 474 g/mol. The minimum atomic E-state index is -1.11. The molecule has 0 amide bonds. The molecule has 1 heterocycles. The van der Waals surface area contributed by atoms with E-state index in [0.717, 1.165) is 42.9 Å². The summed E-state index contributed by atoms with van der Waals surface area (Å²) >= 11 is 0. The number of methoxy groups -OCH3 is 2. The van der Waals surface area contributed by atoms with Gasteiger partial charge in [-0.1, -0.05) is 25.1 Å². The van der Waals surface area contributed by atoms with Gasteiger partial charge in [0, 0.05) is 36.0 Å². The number of likely N-dealkylation sites (tertiary alicyclic amines) is 1. The van der Waals surface area contributed by atoms with Gasteiger partial charge in [0.05, 0.1) is 19.8 Å². The number of carbonyl (C=O) groups is 2. The van der Waals surface area contributed by atoms with Crippen molar-refractivity contribution in [2.24, 2.45) is 5.92 Å². The Morgan fingerprint density at radius 1 is 1.14 bits per heavy atom. The van der Waals surface area contributed by atoms with Crippen LogP contribution in [0.25, 0.3) is 0 Å². The Morgan fingerprint density at radius 3 is 2.46 bits per heavy atom. The summed E-state index contributed by atoms with van der Waals surface area (Å²) in [5, 5.41) is 17.3. The van der Waals surface area contributed by atoms with Crippen LogP contribution in [-0.2, 0) is 21.4 Å². The van der Waals surface area contributed by atoms with E-state index in [0.29, 0.717) is 18.8 Å². The van der Waals surface area contributed by atoms with E-state index < -0.39 is 5.97 Å². The Bertz CT molecular complexity index is 1180. The summed E-state index contributed by atoms with van der Waals surface area (Å²) in [6, 6.07) is 10.2. The maximum Gasteiger partial charge on any atom is 0.339 e. The van der Waals surface area contributed by atoms with E-state index in [-0.39, 0.29) is 34.3 Å². The summed E-state index contributed by atoms with van der Waals surface area (Å²) in [5.74, 6) is 0.441. The van der Waals surface area contributed by atoms with Crippen LogP contribution in [0.15, 0.2) is 36.4 Å². The number of likely N-dealkylation sites (N-methyl/N-ethyl adjacent to an activating group) is 1. The number of para-hydroxylation sites is 1. The highest BCUT2D eigenvalue weighted by Crippen LogP contribution is 2.63. The third kappa shape index (κ3) is 4.07. The van der Waals surface area contributed by atoms with Crippen LogP contribution in [0.1, 0.15) is 54.6 Å². The molecule has 8 nitrogen and oxygen atoms in total. The monoisotopic (exact) mass is 511 g/mol. The van der Waals surface area contributed by atoms with Crippen LogP contribution in [0.4, 0.5) is 0 Å². The van der Waals surface area contributed by atoms with Gasteiger partial charge < -0.3 is 29.3 Å². The van der Waals surface area contributed by atoms with Crippen LogP contribution >= 0.6 is 0 Å². The number of aromatic hydroxyl groups is 1. The Hall–Kier alpha value is -3.10. The number of aromatic carboxylic acids is 1. The SMILES string of the molecule is CCO[C@@]12CCC(=O)[C@@H](C)[C@@]13CCN(C)[C@@H]2Cc1ccc(OC)c(OC)c13.O=C(O)c1ccccc1O. The quantitative estimate of drug-likeness (QED) is 0.619. The molecule has 0 unspecified atom stereocenters. The van der Waals surface area contributed by atoms with Gasteiger partial charge in [-0.05, 0) is 63.5 Å². The number of ether oxygens (including phenoxy) is 3. The van der Waals surface area contributed by atoms with Gasteiger partial charge in [0.25, 0.3) is 0 Å². The van der Waals surface area contributed by atoms with Crippen LogP contribution in [0.5, 0.6) is 17.2 Å². The van der Waals surface area contributed by atoms with Crippen molar-refractivity contribution in [3.63, 3.8) is 0 Å². The zero-order valence-electron chi connectivity index (χ0n) is 22.2. The predicted molar refractivity (Wildman–Crippen MR) is 139 cm³/mol. The van der Waals surface area contributed by atoms with Gasteiger partial charge >= 0.3 is 5.97 Å². The molecule has 0 aromatic heterocycles. The average Bonchev–Trinajstić information content (AvgIpc) is 2.88. The third-order valence-electron chi connectivity index (χ3n) is 8.68. The van der Waals surface area contributed by atoms with Gasteiger partial charge in [-0.3, -0.25) is 4.79 Å². The van der Waals surface area contributed by atoms with Crippen LogP contribution < -0.4 is 9.47 Å². The van der Waals surface area contributed by atoms with Gasteiger partial charge in [0.1, 0.15) is 17.1 Å². The molecule has 0 spiro atoms. The molecule has 200 valence electrons. The summed E-state index contributed by atoms with van der Waals surface area (Å²) in [6.45, 7) is 5.77. The fourth-order valence-electron chi connectivity index (χ4n) is 7.06. The molecule has 1 saturated heterocycles. The van der Waals surface area contributed by atoms with E-state index in [9.17, 15) is 9.59 Å². The lowest BCUT2D eigenvalue weighted by atomic mass is 9.45.